The molecule has 2 atom stereocenters. The predicted molar refractivity (Wildman–Crippen MR) is 66.6 cm³/mol. The second-order valence-corrected chi connectivity index (χ2v) is 4.93. The highest BCUT2D eigenvalue weighted by Crippen LogP contribution is 2.33. The van der Waals surface area contributed by atoms with E-state index < -0.39 is 5.60 Å². The van der Waals surface area contributed by atoms with E-state index in [0.29, 0.717) is 18.5 Å². The Kier molecular flexibility index (Phi) is 3.64. The molecule has 1 aliphatic carbocycles. The zero-order chi connectivity index (χ0) is 12.3. The summed E-state index contributed by atoms with van der Waals surface area (Å²) in [7, 11) is 1.70. The van der Waals surface area contributed by atoms with E-state index >= 15 is 0 Å². The Morgan fingerprint density at radius 2 is 2.47 bits per heavy atom. The third-order valence-corrected chi connectivity index (χ3v) is 3.57. The van der Waals surface area contributed by atoms with Crippen LogP contribution in [-0.2, 0) is 11.2 Å². The van der Waals surface area contributed by atoms with Crippen LogP contribution in [0.3, 0.4) is 0 Å². The van der Waals surface area contributed by atoms with Crippen molar-refractivity contribution in [3.05, 3.63) is 24.0 Å². The molecule has 1 fully saturated rings. The van der Waals surface area contributed by atoms with E-state index in [-0.39, 0.29) is 6.10 Å². The summed E-state index contributed by atoms with van der Waals surface area (Å²) in [5.74, 6) is 0. The van der Waals surface area contributed by atoms with Crippen molar-refractivity contribution in [1.82, 2.24) is 4.98 Å². The van der Waals surface area contributed by atoms with Gasteiger partial charge in [-0.2, -0.15) is 0 Å². The van der Waals surface area contributed by atoms with Crippen molar-refractivity contribution < 1.29 is 9.84 Å². The van der Waals surface area contributed by atoms with Gasteiger partial charge in [-0.15, -0.1) is 0 Å². The Bertz CT molecular complexity index is 383. The molecule has 1 aliphatic rings. The van der Waals surface area contributed by atoms with Gasteiger partial charge in [0.05, 0.1) is 11.7 Å². The molecule has 4 heteroatoms. The van der Waals surface area contributed by atoms with Gasteiger partial charge in [-0.3, -0.25) is 4.98 Å². The Labute approximate surface area is 102 Å². The molecule has 1 aromatic heterocycles. The monoisotopic (exact) mass is 236 g/mol. The molecule has 0 aromatic carbocycles. The topological polar surface area (TPSA) is 68.4 Å². The molecule has 0 radical (unpaired) electrons. The van der Waals surface area contributed by atoms with Crippen molar-refractivity contribution in [2.45, 2.75) is 43.8 Å². The summed E-state index contributed by atoms with van der Waals surface area (Å²) in [4.78, 5) is 4.06. The summed E-state index contributed by atoms with van der Waals surface area (Å²) in [5, 5.41) is 10.6. The largest absolute Gasteiger partial charge is 0.398 e. The lowest BCUT2D eigenvalue weighted by molar-refractivity contribution is -0.0580. The van der Waals surface area contributed by atoms with Crippen LogP contribution >= 0.6 is 0 Å². The minimum atomic E-state index is -0.698. The normalized spacial score (nSPS) is 29.2. The van der Waals surface area contributed by atoms with Crippen LogP contribution in [0.2, 0.25) is 0 Å². The Hall–Kier alpha value is -1.13. The van der Waals surface area contributed by atoms with Gasteiger partial charge in [0.25, 0.3) is 0 Å². The van der Waals surface area contributed by atoms with Crippen molar-refractivity contribution in [2.24, 2.45) is 0 Å². The molecular formula is C13H20N2O2. The van der Waals surface area contributed by atoms with E-state index in [1.54, 1.807) is 25.6 Å². The molecule has 0 amide bonds. The number of rotatable bonds is 3. The molecule has 3 N–H and O–H groups in total. The Morgan fingerprint density at radius 3 is 3.18 bits per heavy atom. The maximum Gasteiger partial charge on any atom is 0.0714 e. The van der Waals surface area contributed by atoms with Crippen molar-refractivity contribution in [2.75, 3.05) is 12.8 Å². The number of aliphatic hydroxyl groups is 1. The smallest absolute Gasteiger partial charge is 0.0714 e. The van der Waals surface area contributed by atoms with Crippen LogP contribution in [0.1, 0.15) is 31.2 Å². The lowest BCUT2D eigenvalue weighted by Gasteiger charge is -2.36. The first kappa shape index (κ1) is 12.3. The summed E-state index contributed by atoms with van der Waals surface area (Å²) < 4.78 is 5.35. The van der Waals surface area contributed by atoms with Gasteiger partial charge in [0.2, 0.25) is 0 Å². The molecule has 94 valence electrons. The fourth-order valence-electron chi connectivity index (χ4n) is 2.59. The first-order valence-corrected chi connectivity index (χ1v) is 6.06. The van der Waals surface area contributed by atoms with E-state index in [2.05, 4.69) is 4.98 Å². The van der Waals surface area contributed by atoms with Crippen LogP contribution in [0.25, 0.3) is 0 Å². The molecule has 0 aliphatic heterocycles. The summed E-state index contributed by atoms with van der Waals surface area (Å²) in [6.07, 6.45) is 7.64. The van der Waals surface area contributed by atoms with Crippen LogP contribution in [0.4, 0.5) is 5.69 Å². The molecule has 1 saturated carbocycles. The molecular weight excluding hydrogens is 216 g/mol. The van der Waals surface area contributed by atoms with Crippen molar-refractivity contribution in [3.8, 4) is 0 Å². The van der Waals surface area contributed by atoms with Crippen LogP contribution in [-0.4, -0.2) is 28.9 Å². The highest BCUT2D eigenvalue weighted by Gasteiger charge is 2.34. The van der Waals surface area contributed by atoms with Gasteiger partial charge in [0, 0.05) is 38.0 Å². The number of nitrogens with zero attached hydrogens (tertiary/aromatic N) is 1. The van der Waals surface area contributed by atoms with E-state index in [1.807, 2.05) is 0 Å². The van der Waals surface area contributed by atoms with E-state index in [4.69, 9.17) is 10.5 Å². The van der Waals surface area contributed by atoms with Gasteiger partial charge in [-0.05, 0) is 30.9 Å². The standard InChI is InChI=1S/C13H20N2O2/c1-17-11-3-2-5-13(16,8-11)7-10-9-15-6-4-12(10)14/h4,6,9,11,16H,2-3,5,7-8H2,1H3,(H2,14,15). The average Bonchev–Trinajstić information content (AvgIpc) is 2.32. The SMILES string of the molecule is COC1CCCC(O)(Cc2cnccc2N)C1. The van der Waals surface area contributed by atoms with Crippen molar-refractivity contribution >= 4 is 5.69 Å². The van der Waals surface area contributed by atoms with Crippen molar-refractivity contribution in [3.63, 3.8) is 0 Å². The van der Waals surface area contributed by atoms with Gasteiger partial charge < -0.3 is 15.6 Å². The molecule has 0 saturated heterocycles. The second kappa shape index (κ2) is 5.02. The highest BCUT2D eigenvalue weighted by molar-refractivity contribution is 5.45. The molecule has 2 unspecified atom stereocenters. The number of anilines is 1. The summed E-state index contributed by atoms with van der Waals surface area (Å²) in [5.41, 5.74) is 6.81. The Morgan fingerprint density at radius 1 is 1.65 bits per heavy atom. The van der Waals surface area contributed by atoms with Crippen molar-refractivity contribution in [1.29, 1.82) is 0 Å². The predicted octanol–water partition coefficient (Wildman–Crippen LogP) is 1.53. The number of ether oxygens (including phenoxy) is 1. The number of nitrogens with two attached hydrogens (primary N) is 1. The fourth-order valence-corrected chi connectivity index (χ4v) is 2.59. The maximum absolute atomic E-state index is 10.6. The third kappa shape index (κ3) is 2.96. The summed E-state index contributed by atoms with van der Waals surface area (Å²) >= 11 is 0. The van der Waals surface area contributed by atoms with Gasteiger partial charge in [-0.1, -0.05) is 0 Å². The maximum atomic E-state index is 10.6. The van der Waals surface area contributed by atoms with Gasteiger partial charge >= 0.3 is 0 Å². The van der Waals surface area contributed by atoms with E-state index in [0.717, 1.165) is 24.8 Å². The van der Waals surface area contributed by atoms with Gasteiger partial charge in [0.15, 0.2) is 0 Å². The van der Waals surface area contributed by atoms with Crippen LogP contribution in [0, 0.1) is 0 Å². The number of nitrogen functional groups attached to an aromatic ring is 1. The van der Waals surface area contributed by atoms with Gasteiger partial charge in [-0.25, -0.2) is 0 Å². The third-order valence-electron chi connectivity index (χ3n) is 3.57. The molecule has 2 rings (SSSR count). The number of hydrogen-bond donors (Lipinski definition) is 2. The minimum absolute atomic E-state index is 0.159. The summed E-state index contributed by atoms with van der Waals surface area (Å²) in [6.45, 7) is 0. The van der Waals surface area contributed by atoms with E-state index in [1.165, 1.54) is 0 Å². The number of aromatic nitrogens is 1. The first-order chi connectivity index (χ1) is 8.13. The average molecular weight is 236 g/mol. The lowest BCUT2D eigenvalue weighted by atomic mass is 9.79. The number of hydrogen-bond acceptors (Lipinski definition) is 4. The molecule has 0 bridgehead atoms. The zero-order valence-corrected chi connectivity index (χ0v) is 10.2. The second-order valence-electron chi connectivity index (χ2n) is 4.93. The molecule has 1 heterocycles. The summed E-state index contributed by atoms with van der Waals surface area (Å²) in [6, 6.07) is 1.77. The molecule has 0 spiro atoms. The fraction of sp³-hybridized carbons (Fsp3) is 0.615. The minimum Gasteiger partial charge on any atom is -0.398 e. The number of methoxy groups -OCH3 is 1. The lowest BCUT2D eigenvalue weighted by Crippen LogP contribution is -2.40. The van der Waals surface area contributed by atoms with E-state index in [9.17, 15) is 5.11 Å². The molecule has 4 nitrogen and oxygen atoms in total. The van der Waals surface area contributed by atoms with Crippen LogP contribution in [0.5, 0.6) is 0 Å². The number of pyridine rings is 1. The quantitative estimate of drug-likeness (QED) is 0.835. The Balaban J connectivity index is 2.09. The zero-order valence-electron chi connectivity index (χ0n) is 10.2. The first-order valence-electron chi connectivity index (χ1n) is 6.06. The molecule has 17 heavy (non-hydrogen) atoms. The van der Waals surface area contributed by atoms with Gasteiger partial charge in [0.1, 0.15) is 0 Å². The highest BCUT2D eigenvalue weighted by atomic mass is 16.5. The van der Waals surface area contributed by atoms with Crippen LogP contribution in [0.15, 0.2) is 18.5 Å². The van der Waals surface area contributed by atoms with Crippen LogP contribution < -0.4 is 5.73 Å². The molecule has 1 aromatic rings.